The first kappa shape index (κ1) is 33.1. The van der Waals surface area contributed by atoms with E-state index in [2.05, 4.69) is 10.0 Å². The van der Waals surface area contributed by atoms with Gasteiger partial charge in [-0.25, -0.2) is 25.3 Å². The average molecular weight is 685 g/mol. The first-order valence-electron chi connectivity index (χ1n) is 14.0. The molecule has 0 bridgehead atoms. The quantitative estimate of drug-likeness (QED) is 0.257. The highest BCUT2D eigenvalue weighted by Crippen LogP contribution is 2.29. The van der Waals surface area contributed by atoms with Crippen molar-refractivity contribution in [1.29, 1.82) is 0 Å². The Morgan fingerprint density at radius 1 is 0.739 bits per heavy atom. The predicted molar refractivity (Wildman–Crippen MR) is 173 cm³/mol. The van der Waals surface area contributed by atoms with Crippen LogP contribution in [0.2, 0.25) is 0 Å². The van der Waals surface area contributed by atoms with Crippen LogP contribution in [-0.2, 0) is 34.9 Å². The molecule has 1 saturated heterocycles. The lowest BCUT2D eigenvalue weighted by Crippen LogP contribution is -2.60. The number of sulfonamides is 3. The van der Waals surface area contributed by atoms with Crippen LogP contribution in [0.4, 0.5) is 11.4 Å². The number of carbonyl (C=O) groups excluding carboxylic acids is 1. The fourth-order valence-electron chi connectivity index (χ4n) is 4.98. The minimum atomic E-state index is -4.19. The van der Waals surface area contributed by atoms with Crippen molar-refractivity contribution in [1.82, 2.24) is 8.61 Å². The molecule has 0 aliphatic carbocycles. The fourth-order valence-corrected chi connectivity index (χ4v) is 9.09. The first-order chi connectivity index (χ1) is 21.8. The number of rotatable bonds is 10. The van der Waals surface area contributed by atoms with Crippen LogP contribution in [0.25, 0.3) is 0 Å². The Balaban J connectivity index is 1.40. The highest BCUT2D eigenvalue weighted by Gasteiger charge is 2.43. The number of aryl methyl sites for hydroxylation is 1. The van der Waals surface area contributed by atoms with Crippen LogP contribution >= 0.6 is 0 Å². The van der Waals surface area contributed by atoms with Gasteiger partial charge in [-0.15, -0.1) is 0 Å². The van der Waals surface area contributed by atoms with Gasteiger partial charge in [0.15, 0.2) is 0 Å². The normalized spacial score (nSPS) is 16.4. The van der Waals surface area contributed by atoms with Crippen molar-refractivity contribution in [2.75, 3.05) is 36.8 Å². The lowest BCUT2D eigenvalue weighted by atomic mass is 10.2. The van der Waals surface area contributed by atoms with Gasteiger partial charge in [-0.3, -0.25) is 9.52 Å². The van der Waals surface area contributed by atoms with Crippen LogP contribution in [0.15, 0.2) is 118 Å². The molecule has 1 atom stereocenters. The van der Waals surface area contributed by atoms with E-state index in [1.54, 1.807) is 54.6 Å². The molecule has 2 N–H and O–H groups in total. The number of benzene rings is 4. The van der Waals surface area contributed by atoms with Crippen molar-refractivity contribution in [2.45, 2.75) is 27.7 Å². The summed E-state index contributed by atoms with van der Waals surface area (Å²) in [5.41, 5.74) is 1.25. The summed E-state index contributed by atoms with van der Waals surface area (Å²) in [6.45, 7) is 0.929. The molecule has 1 fully saturated rings. The summed E-state index contributed by atoms with van der Waals surface area (Å²) < 4.78 is 90.2. The predicted octanol–water partition coefficient (Wildman–Crippen LogP) is 3.51. The molecule has 1 amide bonds. The number of carbonyl (C=O) groups is 1. The van der Waals surface area contributed by atoms with Gasteiger partial charge < -0.3 is 10.1 Å². The van der Waals surface area contributed by atoms with E-state index >= 15 is 0 Å². The highest BCUT2D eigenvalue weighted by atomic mass is 32.2. The zero-order valence-electron chi connectivity index (χ0n) is 24.9. The second-order valence-electron chi connectivity index (χ2n) is 10.4. The third-order valence-corrected chi connectivity index (χ3v) is 12.5. The van der Waals surface area contributed by atoms with Crippen LogP contribution < -0.4 is 14.8 Å². The number of nitrogens with one attached hydrogen (secondary N) is 2. The van der Waals surface area contributed by atoms with Crippen molar-refractivity contribution < 1.29 is 34.8 Å². The van der Waals surface area contributed by atoms with E-state index in [1.807, 2.05) is 6.92 Å². The van der Waals surface area contributed by atoms with Gasteiger partial charge in [0, 0.05) is 25.3 Å². The molecular formula is C31H32N4O8S3. The zero-order valence-corrected chi connectivity index (χ0v) is 27.3. The van der Waals surface area contributed by atoms with E-state index in [1.165, 1.54) is 55.6 Å². The number of piperazine rings is 1. The van der Waals surface area contributed by atoms with Gasteiger partial charge in [-0.2, -0.15) is 8.61 Å². The average Bonchev–Trinajstić information content (AvgIpc) is 3.05. The molecule has 0 spiro atoms. The van der Waals surface area contributed by atoms with Gasteiger partial charge in [0.05, 0.1) is 27.5 Å². The number of ether oxygens (including phenoxy) is 1. The molecule has 15 heteroatoms. The Labute approximate surface area is 268 Å². The van der Waals surface area contributed by atoms with Crippen molar-refractivity contribution >= 4 is 47.4 Å². The van der Waals surface area contributed by atoms with E-state index in [9.17, 15) is 30.0 Å². The van der Waals surface area contributed by atoms with E-state index in [-0.39, 0.29) is 39.2 Å². The molecule has 0 saturated carbocycles. The fraction of sp³-hybridized carbons (Fsp3) is 0.194. The monoisotopic (exact) mass is 684 g/mol. The van der Waals surface area contributed by atoms with Crippen LogP contribution in [-0.4, -0.2) is 72.6 Å². The third-order valence-electron chi connectivity index (χ3n) is 7.36. The van der Waals surface area contributed by atoms with Crippen LogP contribution in [0, 0.1) is 6.92 Å². The molecule has 12 nitrogen and oxygen atoms in total. The second kappa shape index (κ2) is 13.2. The van der Waals surface area contributed by atoms with Gasteiger partial charge in [0.25, 0.3) is 10.0 Å². The number of nitrogens with zero attached hydrogens (tertiary/aromatic N) is 2. The van der Waals surface area contributed by atoms with Crippen LogP contribution in [0.3, 0.4) is 0 Å². The summed E-state index contributed by atoms with van der Waals surface area (Å²) in [7, 11) is -10.9. The van der Waals surface area contributed by atoms with Gasteiger partial charge in [0.1, 0.15) is 11.8 Å². The summed E-state index contributed by atoms with van der Waals surface area (Å²) in [5, 5.41) is 2.63. The zero-order chi connectivity index (χ0) is 33.1. The summed E-state index contributed by atoms with van der Waals surface area (Å²) in [5.74, 6) is -0.449. The minimum Gasteiger partial charge on any atom is -0.495 e. The van der Waals surface area contributed by atoms with Crippen LogP contribution in [0.1, 0.15) is 5.56 Å². The van der Waals surface area contributed by atoms with Crippen molar-refractivity contribution in [3.8, 4) is 5.75 Å². The number of methoxy groups -OCH3 is 1. The van der Waals surface area contributed by atoms with Gasteiger partial charge in [-0.05, 0) is 73.2 Å². The Kier molecular flexibility index (Phi) is 9.51. The second-order valence-corrected chi connectivity index (χ2v) is 16.0. The van der Waals surface area contributed by atoms with Crippen molar-refractivity contribution in [2.24, 2.45) is 0 Å². The Morgan fingerprint density at radius 3 is 1.91 bits per heavy atom. The molecule has 1 aliphatic rings. The molecule has 4 aromatic carbocycles. The van der Waals surface area contributed by atoms with E-state index in [0.29, 0.717) is 5.75 Å². The third kappa shape index (κ3) is 6.93. The molecule has 46 heavy (non-hydrogen) atoms. The molecule has 1 heterocycles. The summed E-state index contributed by atoms with van der Waals surface area (Å²) in [6.07, 6.45) is 0. The van der Waals surface area contributed by atoms with E-state index in [0.717, 1.165) is 14.2 Å². The maximum Gasteiger partial charge on any atom is 0.262 e. The number of anilines is 2. The molecule has 1 aliphatic heterocycles. The first-order valence-corrected chi connectivity index (χ1v) is 18.4. The SMILES string of the molecule is COc1ccc(C)cc1NS(=O)(=O)c1ccc(NC(=O)C2CN(S(=O)(=O)c3ccccc3)CCN2S(=O)(=O)c2ccccc2)cc1. The molecule has 4 aromatic rings. The Hall–Kier alpha value is -4.28. The van der Waals surface area contributed by atoms with Gasteiger partial charge >= 0.3 is 0 Å². The minimum absolute atomic E-state index is 0.0159. The van der Waals surface area contributed by atoms with Gasteiger partial charge in [0.2, 0.25) is 26.0 Å². The maximum atomic E-state index is 13.7. The molecule has 242 valence electrons. The lowest BCUT2D eigenvalue weighted by molar-refractivity contribution is -0.120. The topological polar surface area (TPSA) is 159 Å². The molecule has 5 rings (SSSR count). The van der Waals surface area contributed by atoms with E-state index in [4.69, 9.17) is 4.74 Å². The molecular weight excluding hydrogens is 653 g/mol. The summed E-state index contributed by atoms with van der Waals surface area (Å²) in [4.78, 5) is 13.6. The highest BCUT2D eigenvalue weighted by molar-refractivity contribution is 7.92. The van der Waals surface area contributed by atoms with Crippen molar-refractivity contribution in [3.63, 3.8) is 0 Å². The van der Waals surface area contributed by atoms with E-state index < -0.39 is 48.6 Å². The summed E-state index contributed by atoms with van der Waals surface area (Å²) >= 11 is 0. The summed E-state index contributed by atoms with van der Waals surface area (Å²) in [6, 6.07) is 24.1. The Morgan fingerprint density at radius 2 is 1.33 bits per heavy atom. The number of hydrogen-bond acceptors (Lipinski definition) is 8. The number of hydrogen-bond donors (Lipinski definition) is 2. The smallest absolute Gasteiger partial charge is 0.262 e. The lowest BCUT2D eigenvalue weighted by Gasteiger charge is -2.38. The van der Waals surface area contributed by atoms with Gasteiger partial charge in [-0.1, -0.05) is 42.5 Å². The molecule has 1 unspecified atom stereocenters. The van der Waals surface area contributed by atoms with Crippen molar-refractivity contribution in [3.05, 3.63) is 109 Å². The molecule has 0 radical (unpaired) electrons. The Bertz CT molecular complexity index is 2040. The largest absolute Gasteiger partial charge is 0.495 e. The maximum absolute atomic E-state index is 13.7. The standard InChI is InChI=1S/C31H32N4O8S3/c1-23-13-18-30(43-2)28(21-23)33-44(37,38)25-16-14-24(15-17-25)32-31(36)29-22-34(45(39,40)26-9-5-3-6-10-26)19-20-35(29)46(41,42)27-11-7-4-8-12-27/h3-18,21,29,33H,19-20,22H2,1-2H3,(H,32,36). The number of amides is 1. The molecule has 0 aromatic heterocycles. The van der Waals surface area contributed by atoms with Crippen LogP contribution in [0.5, 0.6) is 5.75 Å².